The standard InChI is InChI=1S/C18H35N/c1-9-11-13-18(12-10-2,15(5)6)17(7,8)16(19)14(3)4/h5,9-13,19H2,1-4,6-8H3. The molecule has 1 heteroatoms. The summed E-state index contributed by atoms with van der Waals surface area (Å²) in [5, 5.41) is 0. The highest BCUT2D eigenvalue weighted by Gasteiger charge is 2.46. The lowest BCUT2D eigenvalue weighted by atomic mass is 9.56. The molecule has 0 aromatic carbocycles. The van der Waals surface area contributed by atoms with Crippen LogP contribution in [0.2, 0.25) is 0 Å². The van der Waals surface area contributed by atoms with Gasteiger partial charge in [0, 0.05) is 16.5 Å². The molecule has 0 aromatic rings. The number of nitrogens with two attached hydrogens (primary N) is 1. The number of rotatable bonds is 8. The molecule has 0 aromatic heterocycles. The highest BCUT2D eigenvalue weighted by atomic mass is 14.7. The van der Waals surface area contributed by atoms with Gasteiger partial charge in [-0.1, -0.05) is 64.7 Å². The highest BCUT2D eigenvalue weighted by Crippen LogP contribution is 2.54. The summed E-state index contributed by atoms with van der Waals surface area (Å²) in [5.74, 6) is 0. The van der Waals surface area contributed by atoms with Crippen molar-refractivity contribution in [2.45, 2.75) is 80.6 Å². The van der Waals surface area contributed by atoms with E-state index in [4.69, 9.17) is 5.73 Å². The van der Waals surface area contributed by atoms with Gasteiger partial charge in [0.2, 0.25) is 0 Å². The SMILES string of the molecule is C=C(C)C(CCC)(CCCC)C(C)(C)C(N)=C(C)C. The smallest absolute Gasteiger partial charge is 0.0135 e. The summed E-state index contributed by atoms with van der Waals surface area (Å²) in [6.45, 7) is 19.9. The van der Waals surface area contributed by atoms with Crippen LogP contribution in [0.5, 0.6) is 0 Å². The Morgan fingerprint density at radius 1 is 1.00 bits per heavy atom. The summed E-state index contributed by atoms with van der Waals surface area (Å²) < 4.78 is 0. The van der Waals surface area contributed by atoms with Crippen molar-refractivity contribution in [1.29, 1.82) is 0 Å². The Morgan fingerprint density at radius 3 is 1.84 bits per heavy atom. The molecule has 0 saturated carbocycles. The Kier molecular flexibility index (Phi) is 6.89. The van der Waals surface area contributed by atoms with Crippen molar-refractivity contribution in [2.75, 3.05) is 0 Å². The van der Waals surface area contributed by atoms with E-state index in [-0.39, 0.29) is 10.8 Å². The minimum absolute atomic E-state index is 0.0250. The molecule has 1 nitrogen and oxygen atoms in total. The minimum atomic E-state index is -0.0250. The quantitative estimate of drug-likeness (QED) is 0.550. The molecule has 0 fully saturated rings. The fourth-order valence-electron chi connectivity index (χ4n) is 3.50. The molecule has 0 heterocycles. The molecule has 0 amide bonds. The molecule has 2 N–H and O–H groups in total. The Morgan fingerprint density at radius 2 is 1.53 bits per heavy atom. The first-order chi connectivity index (χ1) is 8.67. The van der Waals surface area contributed by atoms with Crippen LogP contribution in [0.1, 0.15) is 80.6 Å². The van der Waals surface area contributed by atoms with Gasteiger partial charge in [-0.3, -0.25) is 0 Å². The van der Waals surface area contributed by atoms with Gasteiger partial charge in [0.05, 0.1) is 0 Å². The van der Waals surface area contributed by atoms with Crippen LogP contribution in [0.3, 0.4) is 0 Å². The highest BCUT2D eigenvalue weighted by molar-refractivity contribution is 5.26. The largest absolute Gasteiger partial charge is 0.402 e. The second-order valence-electron chi connectivity index (χ2n) is 6.75. The molecule has 0 aliphatic rings. The van der Waals surface area contributed by atoms with Crippen LogP contribution in [0.15, 0.2) is 23.4 Å². The van der Waals surface area contributed by atoms with Crippen LogP contribution < -0.4 is 5.73 Å². The fourth-order valence-corrected chi connectivity index (χ4v) is 3.50. The molecule has 0 spiro atoms. The Labute approximate surface area is 121 Å². The Hall–Kier alpha value is -0.720. The van der Waals surface area contributed by atoms with Crippen LogP contribution in [-0.2, 0) is 0 Å². The van der Waals surface area contributed by atoms with E-state index in [0.29, 0.717) is 0 Å². The van der Waals surface area contributed by atoms with E-state index < -0.39 is 0 Å². The van der Waals surface area contributed by atoms with Gasteiger partial charge in [0.1, 0.15) is 0 Å². The van der Waals surface area contributed by atoms with Crippen LogP contribution >= 0.6 is 0 Å². The summed E-state index contributed by atoms with van der Waals surface area (Å²) in [6.07, 6.45) is 6.00. The van der Waals surface area contributed by atoms with E-state index in [1.165, 1.54) is 43.3 Å². The Balaban J connectivity index is 5.79. The van der Waals surface area contributed by atoms with Gasteiger partial charge in [-0.25, -0.2) is 0 Å². The summed E-state index contributed by atoms with van der Waals surface area (Å²) >= 11 is 0. The lowest BCUT2D eigenvalue weighted by Gasteiger charge is -2.49. The van der Waals surface area contributed by atoms with E-state index in [0.717, 1.165) is 5.70 Å². The van der Waals surface area contributed by atoms with E-state index in [9.17, 15) is 0 Å². The maximum absolute atomic E-state index is 6.46. The van der Waals surface area contributed by atoms with Gasteiger partial charge in [0.25, 0.3) is 0 Å². The molecule has 0 radical (unpaired) electrons. The van der Waals surface area contributed by atoms with Crippen molar-refractivity contribution in [2.24, 2.45) is 16.6 Å². The average molecular weight is 265 g/mol. The van der Waals surface area contributed by atoms with Gasteiger partial charge >= 0.3 is 0 Å². The van der Waals surface area contributed by atoms with Gasteiger partial charge in [0.15, 0.2) is 0 Å². The van der Waals surface area contributed by atoms with Crippen molar-refractivity contribution in [3.63, 3.8) is 0 Å². The first-order valence-corrected chi connectivity index (χ1v) is 7.76. The number of hydrogen-bond donors (Lipinski definition) is 1. The molecule has 1 atom stereocenters. The summed E-state index contributed by atoms with van der Waals surface area (Å²) in [6, 6.07) is 0. The minimum Gasteiger partial charge on any atom is -0.402 e. The molecule has 19 heavy (non-hydrogen) atoms. The first kappa shape index (κ1) is 18.3. The second-order valence-corrected chi connectivity index (χ2v) is 6.75. The maximum atomic E-state index is 6.46. The first-order valence-electron chi connectivity index (χ1n) is 7.76. The van der Waals surface area contributed by atoms with E-state index in [2.05, 4.69) is 55.0 Å². The Bertz CT molecular complexity index is 332. The predicted octanol–water partition coefficient (Wildman–Crippen LogP) is 5.82. The molecular weight excluding hydrogens is 230 g/mol. The third-order valence-corrected chi connectivity index (χ3v) is 4.86. The van der Waals surface area contributed by atoms with Crippen LogP contribution in [0, 0.1) is 10.8 Å². The van der Waals surface area contributed by atoms with Gasteiger partial charge < -0.3 is 5.73 Å². The summed E-state index contributed by atoms with van der Waals surface area (Å²) in [7, 11) is 0. The molecule has 112 valence electrons. The molecule has 1 unspecified atom stereocenters. The molecule has 0 saturated heterocycles. The third-order valence-electron chi connectivity index (χ3n) is 4.86. The normalized spacial score (nSPS) is 14.9. The van der Waals surface area contributed by atoms with E-state index in [1.54, 1.807) is 0 Å². The maximum Gasteiger partial charge on any atom is 0.0135 e. The zero-order valence-corrected chi connectivity index (χ0v) is 14.3. The van der Waals surface area contributed by atoms with Crippen molar-refractivity contribution < 1.29 is 0 Å². The van der Waals surface area contributed by atoms with E-state index in [1.807, 2.05) is 0 Å². The lowest BCUT2D eigenvalue weighted by Crippen LogP contribution is -2.43. The third kappa shape index (κ3) is 3.64. The summed E-state index contributed by atoms with van der Waals surface area (Å²) in [5.41, 5.74) is 10.1. The zero-order valence-electron chi connectivity index (χ0n) is 14.3. The van der Waals surface area contributed by atoms with Crippen molar-refractivity contribution in [3.05, 3.63) is 23.4 Å². The van der Waals surface area contributed by atoms with Crippen molar-refractivity contribution >= 4 is 0 Å². The van der Waals surface area contributed by atoms with Crippen LogP contribution in [-0.4, -0.2) is 0 Å². The lowest BCUT2D eigenvalue weighted by molar-refractivity contribution is 0.116. The predicted molar refractivity (Wildman–Crippen MR) is 88.0 cm³/mol. The van der Waals surface area contributed by atoms with Crippen LogP contribution in [0.4, 0.5) is 0 Å². The monoisotopic (exact) mass is 265 g/mol. The zero-order chi connectivity index (χ0) is 15.3. The summed E-state index contributed by atoms with van der Waals surface area (Å²) in [4.78, 5) is 0. The van der Waals surface area contributed by atoms with Crippen molar-refractivity contribution in [3.8, 4) is 0 Å². The second kappa shape index (κ2) is 7.17. The van der Waals surface area contributed by atoms with E-state index >= 15 is 0 Å². The average Bonchev–Trinajstić information content (AvgIpc) is 2.32. The van der Waals surface area contributed by atoms with Crippen molar-refractivity contribution in [1.82, 2.24) is 0 Å². The van der Waals surface area contributed by atoms with Gasteiger partial charge in [-0.15, -0.1) is 0 Å². The number of allylic oxidation sites excluding steroid dienone is 3. The molecule has 0 rings (SSSR count). The topological polar surface area (TPSA) is 26.0 Å². The number of hydrogen-bond acceptors (Lipinski definition) is 1. The molecule has 0 aliphatic heterocycles. The fraction of sp³-hybridized carbons (Fsp3) is 0.778. The molecule has 0 aliphatic carbocycles. The molecule has 0 bridgehead atoms. The number of unbranched alkanes of at least 4 members (excludes halogenated alkanes) is 1. The van der Waals surface area contributed by atoms with Gasteiger partial charge in [-0.05, 0) is 33.6 Å². The van der Waals surface area contributed by atoms with Crippen LogP contribution in [0.25, 0.3) is 0 Å². The van der Waals surface area contributed by atoms with Gasteiger partial charge in [-0.2, -0.15) is 0 Å². The molecular formula is C18H35N.